The summed E-state index contributed by atoms with van der Waals surface area (Å²) < 4.78 is 56.2. The summed E-state index contributed by atoms with van der Waals surface area (Å²) >= 11 is 12.4. The normalized spacial score (nSPS) is 11.6. The van der Waals surface area contributed by atoms with Crippen molar-refractivity contribution in [3.05, 3.63) is 75.0 Å². The Balaban J connectivity index is 1.97. The largest absolute Gasteiger partial charge is 0.276 e. The topological polar surface area (TPSA) is 64.0 Å². The van der Waals surface area contributed by atoms with Crippen molar-refractivity contribution < 1.29 is 17.2 Å². The lowest BCUT2D eigenvalue weighted by Crippen LogP contribution is -2.16. The average Bonchev–Trinajstić information content (AvgIpc) is 2.87. The minimum Gasteiger partial charge on any atom is -0.276 e. The summed E-state index contributed by atoms with van der Waals surface area (Å²) in [6.07, 6.45) is 0. The maximum atomic E-state index is 13.9. The monoisotopic (exact) mass is 445 g/mol. The molecule has 0 unspecified atom stereocenters. The first-order chi connectivity index (χ1) is 13.1. The van der Waals surface area contributed by atoms with Crippen LogP contribution in [0.1, 0.15) is 17.0 Å². The second-order valence-corrected chi connectivity index (χ2v) is 8.55. The predicted octanol–water partition coefficient (Wildman–Crippen LogP) is 4.93. The first-order valence-electron chi connectivity index (χ1n) is 8.05. The molecule has 1 heterocycles. The molecule has 5 nitrogen and oxygen atoms in total. The molecule has 3 aromatic rings. The molecule has 0 atom stereocenters. The van der Waals surface area contributed by atoms with Crippen LogP contribution >= 0.6 is 23.2 Å². The Morgan fingerprint density at radius 3 is 2.39 bits per heavy atom. The predicted molar refractivity (Wildman–Crippen MR) is 104 cm³/mol. The van der Waals surface area contributed by atoms with E-state index in [0.717, 1.165) is 12.1 Å². The van der Waals surface area contributed by atoms with E-state index in [1.54, 1.807) is 32.0 Å². The first-order valence-corrected chi connectivity index (χ1v) is 10.3. The van der Waals surface area contributed by atoms with Crippen molar-refractivity contribution in [2.75, 3.05) is 4.72 Å². The summed E-state index contributed by atoms with van der Waals surface area (Å²) in [6, 6.07) is 7.30. The minimum absolute atomic E-state index is 0.173. The van der Waals surface area contributed by atoms with Crippen LogP contribution in [0.4, 0.5) is 14.5 Å². The fourth-order valence-corrected chi connectivity index (χ4v) is 4.49. The van der Waals surface area contributed by atoms with Gasteiger partial charge in [0.1, 0.15) is 16.5 Å². The molecule has 0 spiro atoms. The van der Waals surface area contributed by atoms with Crippen LogP contribution in [0.25, 0.3) is 0 Å². The highest BCUT2D eigenvalue weighted by molar-refractivity contribution is 7.92. The zero-order valence-corrected chi connectivity index (χ0v) is 17.1. The zero-order valence-electron chi connectivity index (χ0n) is 14.8. The van der Waals surface area contributed by atoms with Crippen molar-refractivity contribution in [3.63, 3.8) is 0 Å². The summed E-state index contributed by atoms with van der Waals surface area (Å²) in [7, 11) is -4.36. The molecule has 0 aliphatic rings. The van der Waals surface area contributed by atoms with E-state index in [-0.39, 0.29) is 12.2 Å². The van der Waals surface area contributed by atoms with Crippen molar-refractivity contribution >= 4 is 38.9 Å². The van der Waals surface area contributed by atoms with Crippen molar-refractivity contribution in [3.8, 4) is 0 Å². The number of rotatable bonds is 5. The number of hydrogen-bond donors (Lipinski definition) is 1. The molecule has 0 saturated carbocycles. The van der Waals surface area contributed by atoms with Crippen molar-refractivity contribution in [2.24, 2.45) is 0 Å². The van der Waals surface area contributed by atoms with Gasteiger partial charge in [-0.05, 0) is 44.2 Å². The number of benzene rings is 2. The SMILES string of the molecule is Cc1nn(Cc2c(Cl)cccc2Cl)c(C)c1NS(=O)(=O)c1cc(F)ccc1F. The highest BCUT2D eigenvalue weighted by Crippen LogP contribution is 2.29. The van der Waals surface area contributed by atoms with Gasteiger partial charge in [0.2, 0.25) is 0 Å². The van der Waals surface area contributed by atoms with E-state index in [4.69, 9.17) is 23.2 Å². The number of halogens is 4. The zero-order chi connectivity index (χ0) is 20.6. The smallest absolute Gasteiger partial charge is 0.265 e. The van der Waals surface area contributed by atoms with Gasteiger partial charge < -0.3 is 0 Å². The Morgan fingerprint density at radius 1 is 1.11 bits per heavy atom. The van der Waals surface area contributed by atoms with E-state index >= 15 is 0 Å². The summed E-state index contributed by atoms with van der Waals surface area (Å²) in [5.41, 5.74) is 1.63. The highest BCUT2D eigenvalue weighted by Gasteiger charge is 2.24. The van der Waals surface area contributed by atoms with Crippen LogP contribution in [0, 0.1) is 25.5 Å². The van der Waals surface area contributed by atoms with E-state index in [2.05, 4.69) is 9.82 Å². The lowest BCUT2D eigenvalue weighted by Gasteiger charge is -2.11. The van der Waals surface area contributed by atoms with Crippen LogP contribution in [0.5, 0.6) is 0 Å². The molecule has 0 fully saturated rings. The number of aryl methyl sites for hydroxylation is 1. The third-order valence-corrected chi connectivity index (χ3v) is 6.24. The molecule has 3 rings (SSSR count). The molecule has 1 N–H and O–H groups in total. The van der Waals surface area contributed by atoms with Gasteiger partial charge >= 0.3 is 0 Å². The summed E-state index contributed by atoms with van der Waals surface area (Å²) in [4.78, 5) is -0.784. The first kappa shape index (κ1) is 20.6. The number of nitrogens with one attached hydrogen (secondary N) is 1. The Bertz CT molecular complexity index is 1140. The van der Waals surface area contributed by atoms with E-state index in [0.29, 0.717) is 33.1 Å². The molecule has 148 valence electrons. The van der Waals surface area contributed by atoms with Gasteiger partial charge in [-0.1, -0.05) is 29.3 Å². The average molecular weight is 446 g/mol. The van der Waals surface area contributed by atoms with Crippen LogP contribution in [0.2, 0.25) is 10.0 Å². The molecule has 0 aliphatic carbocycles. The Morgan fingerprint density at radius 2 is 1.75 bits per heavy atom. The molecule has 0 amide bonds. The number of nitrogens with zero attached hydrogens (tertiary/aromatic N) is 2. The van der Waals surface area contributed by atoms with Gasteiger partial charge in [-0.3, -0.25) is 9.40 Å². The van der Waals surface area contributed by atoms with Crippen LogP contribution in [-0.2, 0) is 16.6 Å². The fraction of sp³-hybridized carbons (Fsp3) is 0.167. The molecule has 28 heavy (non-hydrogen) atoms. The van der Waals surface area contributed by atoms with Gasteiger partial charge in [-0.15, -0.1) is 0 Å². The standard InChI is InChI=1S/C18H15Cl2F2N3O2S/c1-10-18(24-28(26,27)17-8-12(21)6-7-16(17)22)11(2)25(23-10)9-13-14(19)4-3-5-15(13)20/h3-8,24H,9H2,1-2H3. The van der Waals surface area contributed by atoms with E-state index in [9.17, 15) is 17.2 Å². The van der Waals surface area contributed by atoms with Gasteiger partial charge in [0.05, 0.1) is 23.6 Å². The molecule has 10 heteroatoms. The van der Waals surface area contributed by atoms with E-state index in [1.807, 2.05) is 0 Å². The number of aromatic nitrogens is 2. The third kappa shape index (κ3) is 3.99. The van der Waals surface area contributed by atoms with Gasteiger partial charge in [-0.25, -0.2) is 17.2 Å². The highest BCUT2D eigenvalue weighted by atomic mass is 35.5. The number of hydrogen-bond acceptors (Lipinski definition) is 3. The van der Waals surface area contributed by atoms with Crippen molar-refractivity contribution in [1.82, 2.24) is 9.78 Å². The van der Waals surface area contributed by atoms with Crippen LogP contribution in [-0.4, -0.2) is 18.2 Å². The lowest BCUT2D eigenvalue weighted by atomic mass is 10.2. The van der Waals surface area contributed by atoms with E-state index in [1.165, 1.54) is 4.68 Å². The minimum atomic E-state index is -4.36. The molecular formula is C18H15Cl2F2N3O2S. The Kier molecular flexibility index (Phi) is 5.65. The van der Waals surface area contributed by atoms with Crippen LogP contribution in [0.3, 0.4) is 0 Å². The molecule has 2 aromatic carbocycles. The third-order valence-electron chi connectivity index (χ3n) is 4.17. The maximum Gasteiger partial charge on any atom is 0.265 e. The molecule has 0 bridgehead atoms. The summed E-state index contributed by atoms with van der Waals surface area (Å²) in [6.45, 7) is 3.45. The van der Waals surface area contributed by atoms with Crippen LogP contribution in [0.15, 0.2) is 41.3 Å². The summed E-state index contributed by atoms with van der Waals surface area (Å²) in [5, 5.41) is 5.21. The molecule has 0 aliphatic heterocycles. The van der Waals surface area contributed by atoms with Crippen molar-refractivity contribution in [2.45, 2.75) is 25.3 Å². The molecular weight excluding hydrogens is 431 g/mol. The van der Waals surface area contributed by atoms with Gasteiger partial charge in [0.25, 0.3) is 10.0 Å². The fourth-order valence-electron chi connectivity index (χ4n) is 2.70. The molecule has 0 saturated heterocycles. The quantitative estimate of drug-likeness (QED) is 0.604. The van der Waals surface area contributed by atoms with Crippen molar-refractivity contribution in [1.29, 1.82) is 0 Å². The molecule has 0 radical (unpaired) electrons. The number of anilines is 1. The van der Waals surface area contributed by atoms with Gasteiger partial charge in [0.15, 0.2) is 0 Å². The lowest BCUT2D eigenvalue weighted by molar-refractivity contribution is 0.555. The van der Waals surface area contributed by atoms with Gasteiger partial charge in [0, 0.05) is 15.6 Å². The maximum absolute atomic E-state index is 13.9. The second-order valence-electron chi connectivity index (χ2n) is 6.08. The van der Waals surface area contributed by atoms with E-state index < -0.39 is 26.6 Å². The van der Waals surface area contributed by atoms with Crippen LogP contribution < -0.4 is 4.72 Å². The Labute approximate surface area is 170 Å². The number of sulfonamides is 1. The molecule has 1 aromatic heterocycles. The second kappa shape index (κ2) is 7.69. The Hall–Kier alpha value is -2.16. The van der Waals surface area contributed by atoms with Gasteiger partial charge in [-0.2, -0.15) is 5.10 Å². The summed E-state index contributed by atoms with van der Waals surface area (Å²) in [5.74, 6) is -1.92.